The third kappa shape index (κ3) is 2.60. The quantitative estimate of drug-likeness (QED) is 0.706. The number of carbonyl (C=O) groups excluding carboxylic acids is 1. The first-order valence-electron chi connectivity index (χ1n) is 6.74. The van der Waals surface area contributed by atoms with Crippen molar-refractivity contribution in [2.24, 2.45) is 7.05 Å². The smallest absolute Gasteiger partial charge is 0.277 e. The van der Waals surface area contributed by atoms with E-state index in [1.165, 1.54) is 10.8 Å². The second-order valence-electron chi connectivity index (χ2n) is 4.95. The van der Waals surface area contributed by atoms with E-state index in [9.17, 15) is 9.59 Å². The molecule has 0 aliphatic carbocycles. The van der Waals surface area contributed by atoms with Crippen LogP contribution in [-0.4, -0.2) is 35.3 Å². The van der Waals surface area contributed by atoms with Crippen molar-refractivity contribution in [1.29, 1.82) is 0 Å². The number of H-pyrrole nitrogens is 1. The van der Waals surface area contributed by atoms with Crippen molar-refractivity contribution >= 4 is 17.4 Å². The van der Waals surface area contributed by atoms with Crippen LogP contribution >= 0.6 is 0 Å². The van der Waals surface area contributed by atoms with Gasteiger partial charge >= 0.3 is 0 Å². The summed E-state index contributed by atoms with van der Waals surface area (Å²) in [5.74, 6) is 0.146. The van der Waals surface area contributed by atoms with Gasteiger partial charge in [-0.3, -0.25) is 19.4 Å². The number of rotatable bonds is 4. The lowest BCUT2D eigenvalue weighted by atomic mass is 10.1. The highest BCUT2D eigenvalue weighted by molar-refractivity contribution is 5.90. The molecular formula is C13H15N7O2. The molecule has 9 heteroatoms. The number of hydrogen-bond donors (Lipinski definition) is 2. The fourth-order valence-electron chi connectivity index (χ4n) is 2.23. The van der Waals surface area contributed by atoms with E-state index >= 15 is 0 Å². The zero-order valence-electron chi connectivity index (χ0n) is 12.2. The summed E-state index contributed by atoms with van der Waals surface area (Å²) in [6.07, 6.45) is 5.17. The van der Waals surface area contributed by atoms with Gasteiger partial charge in [0.15, 0.2) is 0 Å². The first-order valence-corrected chi connectivity index (χ1v) is 6.74. The van der Waals surface area contributed by atoms with Crippen molar-refractivity contribution in [3.63, 3.8) is 0 Å². The first-order chi connectivity index (χ1) is 10.5. The van der Waals surface area contributed by atoms with Gasteiger partial charge in [0.05, 0.1) is 17.6 Å². The van der Waals surface area contributed by atoms with Crippen LogP contribution in [0.4, 0.5) is 5.69 Å². The molecule has 0 aliphatic rings. The van der Waals surface area contributed by atoms with Gasteiger partial charge in [0.25, 0.3) is 11.3 Å². The Morgan fingerprint density at radius 1 is 1.45 bits per heavy atom. The Kier molecular flexibility index (Phi) is 3.45. The minimum atomic E-state index is -0.228. The molecule has 3 heterocycles. The highest BCUT2D eigenvalue weighted by Gasteiger charge is 2.13. The Labute approximate surface area is 125 Å². The molecule has 0 bridgehead atoms. The number of aromatic amines is 1. The monoisotopic (exact) mass is 301 g/mol. The molecule has 3 aromatic heterocycles. The van der Waals surface area contributed by atoms with Crippen molar-refractivity contribution in [2.45, 2.75) is 19.8 Å². The van der Waals surface area contributed by atoms with Crippen molar-refractivity contribution in [2.75, 3.05) is 5.32 Å². The summed E-state index contributed by atoms with van der Waals surface area (Å²) in [6, 6.07) is 0. The lowest BCUT2D eigenvalue weighted by molar-refractivity contribution is -0.116. The van der Waals surface area contributed by atoms with Gasteiger partial charge in [0.1, 0.15) is 6.33 Å². The Hall–Kier alpha value is -2.97. The summed E-state index contributed by atoms with van der Waals surface area (Å²) >= 11 is 0. The SMILES string of the molecule is Cc1nc2nc[nH]n2c(=O)c1CCC(=O)Nc1cnn(C)c1. The number of carbonyl (C=O) groups is 1. The molecule has 2 N–H and O–H groups in total. The molecule has 0 unspecified atom stereocenters. The maximum absolute atomic E-state index is 12.3. The highest BCUT2D eigenvalue weighted by Crippen LogP contribution is 2.07. The number of nitrogens with one attached hydrogen (secondary N) is 2. The fourth-order valence-corrected chi connectivity index (χ4v) is 2.23. The third-order valence-corrected chi connectivity index (χ3v) is 3.32. The van der Waals surface area contributed by atoms with E-state index in [4.69, 9.17) is 0 Å². The van der Waals surface area contributed by atoms with Crippen LogP contribution in [0.1, 0.15) is 17.7 Å². The van der Waals surface area contributed by atoms with E-state index in [2.05, 4.69) is 25.5 Å². The molecule has 3 aromatic rings. The molecule has 9 nitrogen and oxygen atoms in total. The maximum Gasteiger partial charge on any atom is 0.277 e. The molecule has 0 fully saturated rings. The number of aromatic nitrogens is 6. The van der Waals surface area contributed by atoms with E-state index < -0.39 is 0 Å². The third-order valence-electron chi connectivity index (χ3n) is 3.32. The van der Waals surface area contributed by atoms with Crippen molar-refractivity contribution in [1.82, 2.24) is 29.4 Å². The molecule has 0 atom stereocenters. The minimum Gasteiger partial charge on any atom is -0.323 e. The summed E-state index contributed by atoms with van der Waals surface area (Å²) in [5, 5.41) is 9.41. The van der Waals surface area contributed by atoms with Gasteiger partial charge < -0.3 is 5.32 Å². The van der Waals surface area contributed by atoms with Gasteiger partial charge in [-0.15, -0.1) is 0 Å². The van der Waals surface area contributed by atoms with E-state index in [0.717, 1.165) is 0 Å². The molecule has 0 radical (unpaired) electrons. The lowest BCUT2D eigenvalue weighted by Crippen LogP contribution is -2.23. The van der Waals surface area contributed by atoms with Gasteiger partial charge in [-0.25, -0.2) is 9.97 Å². The summed E-state index contributed by atoms with van der Waals surface area (Å²) in [7, 11) is 1.77. The Morgan fingerprint density at radius 2 is 2.27 bits per heavy atom. The lowest BCUT2D eigenvalue weighted by Gasteiger charge is -2.05. The van der Waals surface area contributed by atoms with Crippen LogP contribution < -0.4 is 10.9 Å². The number of anilines is 1. The first kappa shape index (κ1) is 14.0. The topological polar surface area (TPSA) is 110 Å². The zero-order chi connectivity index (χ0) is 15.7. The molecule has 1 amide bonds. The predicted octanol–water partition coefficient (Wildman–Crippen LogP) is 0.0308. The maximum atomic E-state index is 12.3. The molecule has 0 aliphatic heterocycles. The summed E-state index contributed by atoms with van der Waals surface area (Å²) in [4.78, 5) is 32.4. The van der Waals surface area contributed by atoms with Gasteiger partial charge in [0.2, 0.25) is 5.91 Å². The van der Waals surface area contributed by atoms with Crippen LogP contribution in [0.5, 0.6) is 0 Å². The number of nitrogens with zero attached hydrogens (tertiary/aromatic N) is 5. The number of aryl methyl sites for hydroxylation is 2. The van der Waals surface area contributed by atoms with Gasteiger partial charge in [0, 0.05) is 25.2 Å². The molecule has 0 spiro atoms. The normalized spacial score (nSPS) is 11.0. The molecular weight excluding hydrogens is 286 g/mol. The van der Waals surface area contributed by atoms with Crippen LogP contribution in [-0.2, 0) is 18.3 Å². The van der Waals surface area contributed by atoms with Crippen molar-refractivity contribution < 1.29 is 4.79 Å². The molecule has 22 heavy (non-hydrogen) atoms. The fraction of sp³-hybridized carbons (Fsp3) is 0.308. The van der Waals surface area contributed by atoms with Crippen LogP contribution in [0, 0.1) is 6.92 Å². The molecule has 114 valence electrons. The van der Waals surface area contributed by atoms with Crippen LogP contribution in [0.25, 0.3) is 5.78 Å². The molecule has 0 saturated carbocycles. The van der Waals surface area contributed by atoms with Gasteiger partial charge in [-0.2, -0.15) is 9.61 Å². The number of hydrogen-bond acceptors (Lipinski definition) is 5. The Bertz CT molecular complexity index is 889. The predicted molar refractivity (Wildman–Crippen MR) is 78.5 cm³/mol. The minimum absolute atomic E-state index is 0.179. The van der Waals surface area contributed by atoms with E-state index in [1.807, 2.05) is 0 Å². The van der Waals surface area contributed by atoms with E-state index in [1.54, 1.807) is 31.0 Å². The highest BCUT2D eigenvalue weighted by atomic mass is 16.1. The summed E-state index contributed by atoms with van der Waals surface area (Å²) < 4.78 is 2.86. The van der Waals surface area contributed by atoms with Crippen molar-refractivity contribution in [3.05, 3.63) is 40.3 Å². The van der Waals surface area contributed by atoms with E-state index in [-0.39, 0.29) is 17.9 Å². The second kappa shape index (κ2) is 5.43. The molecule has 0 saturated heterocycles. The summed E-state index contributed by atoms with van der Waals surface area (Å²) in [6.45, 7) is 1.74. The Balaban J connectivity index is 1.73. The number of fused-ring (bicyclic) bond motifs is 1. The van der Waals surface area contributed by atoms with Crippen LogP contribution in [0.3, 0.4) is 0 Å². The molecule has 3 rings (SSSR count). The average molecular weight is 301 g/mol. The summed E-state index contributed by atoms with van der Waals surface area (Å²) in [5.41, 5.74) is 1.49. The van der Waals surface area contributed by atoms with Gasteiger partial charge in [-0.1, -0.05) is 0 Å². The van der Waals surface area contributed by atoms with Crippen LogP contribution in [0.2, 0.25) is 0 Å². The van der Waals surface area contributed by atoms with Gasteiger partial charge in [-0.05, 0) is 13.3 Å². The van der Waals surface area contributed by atoms with E-state index in [0.29, 0.717) is 29.1 Å². The van der Waals surface area contributed by atoms with Crippen LogP contribution in [0.15, 0.2) is 23.5 Å². The average Bonchev–Trinajstić information content (AvgIpc) is 3.07. The number of amides is 1. The largest absolute Gasteiger partial charge is 0.323 e. The zero-order valence-corrected chi connectivity index (χ0v) is 12.2. The van der Waals surface area contributed by atoms with Crippen molar-refractivity contribution in [3.8, 4) is 0 Å². The molecule has 0 aromatic carbocycles. The second-order valence-corrected chi connectivity index (χ2v) is 4.95. The standard InChI is InChI=1S/C13H15N7O2/c1-8-10(12(22)20-13(17-8)14-7-16-20)3-4-11(21)18-9-5-15-19(2)6-9/h5-7H,3-4H2,1-2H3,(H,18,21)(H,14,16,17). The Morgan fingerprint density at radius 3 is 3.00 bits per heavy atom.